The maximum atomic E-state index is 13.5. The average Bonchev–Trinajstić information content (AvgIpc) is 3.07. The summed E-state index contributed by atoms with van der Waals surface area (Å²) in [5.74, 6) is 1.52. The van der Waals surface area contributed by atoms with E-state index in [2.05, 4.69) is 9.55 Å². The number of halogens is 2. The Morgan fingerprint density at radius 2 is 2.14 bits per heavy atom. The molecule has 0 N–H and O–H groups in total. The van der Waals surface area contributed by atoms with Crippen LogP contribution < -0.4 is 0 Å². The molecule has 3 rings (SSSR count). The molecule has 1 atom stereocenters. The van der Waals surface area contributed by atoms with Crippen molar-refractivity contribution in [2.24, 2.45) is 5.92 Å². The summed E-state index contributed by atoms with van der Waals surface area (Å²) in [6.45, 7) is 2.80. The maximum absolute atomic E-state index is 13.5. The lowest BCUT2D eigenvalue weighted by atomic mass is 10.0. The second-order valence-corrected chi connectivity index (χ2v) is 6.82. The van der Waals surface area contributed by atoms with Crippen molar-refractivity contribution in [1.29, 1.82) is 0 Å². The molecule has 1 aliphatic carbocycles. The van der Waals surface area contributed by atoms with Gasteiger partial charge in [-0.3, -0.25) is 0 Å². The molecule has 114 valence electrons. The fourth-order valence-corrected chi connectivity index (χ4v) is 3.66. The van der Waals surface area contributed by atoms with Crippen molar-refractivity contribution in [1.82, 2.24) is 9.55 Å². The quantitative estimate of drug-likeness (QED) is 0.672. The summed E-state index contributed by atoms with van der Waals surface area (Å²) in [5.41, 5.74) is 1.70. The number of imidazole rings is 1. The molecule has 1 aliphatic rings. The van der Waals surface area contributed by atoms with E-state index in [0.29, 0.717) is 0 Å². The molecule has 4 heteroatoms. The molecular formula is C17H22ClFN2. The van der Waals surface area contributed by atoms with Crippen LogP contribution in [0.2, 0.25) is 0 Å². The van der Waals surface area contributed by atoms with E-state index < -0.39 is 0 Å². The van der Waals surface area contributed by atoms with Crippen LogP contribution in [0.25, 0.3) is 11.0 Å². The van der Waals surface area contributed by atoms with Gasteiger partial charge in [-0.1, -0.05) is 25.7 Å². The molecule has 0 saturated heterocycles. The average molecular weight is 309 g/mol. The SMILES string of the molecule is CC(Cl)c1nc2ccc(F)cc2n1CCCC1CCCC1. The Kier molecular flexibility index (Phi) is 4.48. The van der Waals surface area contributed by atoms with Gasteiger partial charge in [0.05, 0.1) is 16.4 Å². The van der Waals surface area contributed by atoms with Crippen LogP contribution in [0, 0.1) is 11.7 Å². The number of nitrogens with zero attached hydrogens (tertiary/aromatic N) is 2. The summed E-state index contributed by atoms with van der Waals surface area (Å²) in [4.78, 5) is 4.57. The highest BCUT2D eigenvalue weighted by molar-refractivity contribution is 6.20. The summed E-state index contributed by atoms with van der Waals surface area (Å²) in [7, 11) is 0. The number of hydrogen-bond acceptors (Lipinski definition) is 1. The Hall–Kier alpha value is -1.09. The smallest absolute Gasteiger partial charge is 0.127 e. The zero-order valence-electron chi connectivity index (χ0n) is 12.5. The van der Waals surface area contributed by atoms with Gasteiger partial charge in [-0.2, -0.15) is 0 Å². The van der Waals surface area contributed by atoms with Crippen molar-refractivity contribution < 1.29 is 4.39 Å². The molecular weight excluding hydrogens is 287 g/mol. The lowest BCUT2D eigenvalue weighted by Crippen LogP contribution is -2.06. The zero-order chi connectivity index (χ0) is 14.8. The monoisotopic (exact) mass is 308 g/mol. The van der Waals surface area contributed by atoms with E-state index in [1.54, 1.807) is 12.1 Å². The molecule has 0 amide bonds. The molecule has 1 saturated carbocycles. The number of fused-ring (bicyclic) bond motifs is 1. The van der Waals surface area contributed by atoms with Crippen LogP contribution in [0.4, 0.5) is 4.39 Å². The van der Waals surface area contributed by atoms with E-state index in [1.165, 1.54) is 38.2 Å². The zero-order valence-corrected chi connectivity index (χ0v) is 13.2. The first-order valence-corrected chi connectivity index (χ1v) is 8.38. The third-order valence-corrected chi connectivity index (χ3v) is 4.76. The predicted octanol–water partition coefficient (Wildman–Crippen LogP) is 5.45. The number of alkyl halides is 1. The van der Waals surface area contributed by atoms with Crippen LogP contribution in [0.1, 0.15) is 56.7 Å². The number of aryl methyl sites for hydroxylation is 1. The minimum Gasteiger partial charge on any atom is -0.327 e. The van der Waals surface area contributed by atoms with Gasteiger partial charge in [0.25, 0.3) is 0 Å². The molecule has 1 aromatic heterocycles. The van der Waals surface area contributed by atoms with E-state index in [4.69, 9.17) is 11.6 Å². The minimum atomic E-state index is -0.215. The molecule has 1 aromatic carbocycles. The van der Waals surface area contributed by atoms with E-state index in [9.17, 15) is 4.39 Å². The Labute approximate surface area is 130 Å². The molecule has 1 fully saturated rings. The predicted molar refractivity (Wildman–Crippen MR) is 85.2 cm³/mol. The molecule has 0 aliphatic heterocycles. The lowest BCUT2D eigenvalue weighted by molar-refractivity contribution is 0.457. The number of aromatic nitrogens is 2. The van der Waals surface area contributed by atoms with Crippen LogP contribution >= 0.6 is 11.6 Å². The standard InChI is InChI=1S/C17H22ClFN2/c1-12(18)17-20-15-9-8-14(19)11-16(15)21(17)10-4-7-13-5-2-3-6-13/h8-9,11-13H,2-7,10H2,1H3. The molecule has 0 radical (unpaired) electrons. The molecule has 2 nitrogen and oxygen atoms in total. The van der Waals surface area contributed by atoms with Crippen molar-refractivity contribution in [2.75, 3.05) is 0 Å². The molecule has 1 heterocycles. The van der Waals surface area contributed by atoms with Crippen LogP contribution in [0.15, 0.2) is 18.2 Å². The highest BCUT2D eigenvalue weighted by Crippen LogP contribution is 2.30. The first kappa shape index (κ1) is 14.8. The lowest BCUT2D eigenvalue weighted by Gasteiger charge is -2.13. The van der Waals surface area contributed by atoms with Crippen LogP contribution in [0.5, 0.6) is 0 Å². The highest BCUT2D eigenvalue weighted by atomic mass is 35.5. The molecule has 21 heavy (non-hydrogen) atoms. The Morgan fingerprint density at radius 3 is 2.86 bits per heavy atom. The van der Waals surface area contributed by atoms with E-state index in [0.717, 1.165) is 35.7 Å². The molecule has 2 aromatic rings. The summed E-state index contributed by atoms with van der Waals surface area (Å²) >= 11 is 6.25. The third-order valence-electron chi connectivity index (χ3n) is 4.56. The van der Waals surface area contributed by atoms with Gasteiger partial charge in [0.2, 0.25) is 0 Å². The summed E-state index contributed by atoms with van der Waals surface area (Å²) < 4.78 is 15.6. The summed E-state index contributed by atoms with van der Waals surface area (Å²) in [6, 6.07) is 4.77. The number of benzene rings is 1. The van der Waals surface area contributed by atoms with Crippen molar-refractivity contribution in [3.8, 4) is 0 Å². The van der Waals surface area contributed by atoms with E-state index in [-0.39, 0.29) is 11.2 Å². The molecule has 0 spiro atoms. The van der Waals surface area contributed by atoms with E-state index in [1.807, 2.05) is 6.92 Å². The first-order valence-electron chi connectivity index (χ1n) is 7.95. The number of hydrogen-bond donors (Lipinski definition) is 0. The second kappa shape index (κ2) is 6.35. The van der Waals surface area contributed by atoms with Gasteiger partial charge in [-0.15, -0.1) is 11.6 Å². The van der Waals surface area contributed by atoms with Gasteiger partial charge in [-0.25, -0.2) is 9.37 Å². The normalized spacial score (nSPS) is 17.7. The largest absolute Gasteiger partial charge is 0.327 e. The summed E-state index contributed by atoms with van der Waals surface area (Å²) in [6.07, 6.45) is 7.88. The first-order chi connectivity index (χ1) is 10.1. The molecule has 0 bridgehead atoms. The van der Waals surface area contributed by atoms with Gasteiger partial charge >= 0.3 is 0 Å². The van der Waals surface area contributed by atoms with E-state index >= 15 is 0 Å². The Balaban J connectivity index is 1.80. The van der Waals surface area contributed by atoms with Crippen molar-refractivity contribution in [3.05, 3.63) is 29.8 Å². The van der Waals surface area contributed by atoms with Crippen LogP contribution in [-0.4, -0.2) is 9.55 Å². The third kappa shape index (κ3) is 3.23. The van der Waals surface area contributed by atoms with Crippen molar-refractivity contribution in [2.45, 2.75) is 57.4 Å². The number of rotatable bonds is 5. The van der Waals surface area contributed by atoms with Crippen LogP contribution in [-0.2, 0) is 6.54 Å². The fourth-order valence-electron chi connectivity index (χ4n) is 3.49. The molecule has 1 unspecified atom stereocenters. The van der Waals surface area contributed by atoms with Crippen LogP contribution in [0.3, 0.4) is 0 Å². The van der Waals surface area contributed by atoms with Crippen molar-refractivity contribution in [3.63, 3.8) is 0 Å². The topological polar surface area (TPSA) is 17.8 Å². The fraction of sp³-hybridized carbons (Fsp3) is 0.588. The summed E-state index contributed by atoms with van der Waals surface area (Å²) in [5, 5.41) is -0.160. The van der Waals surface area contributed by atoms with Crippen molar-refractivity contribution >= 4 is 22.6 Å². The highest BCUT2D eigenvalue weighted by Gasteiger charge is 2.17. The van der Waals surface area contributed by atoms with Gasteiger partial charge in [0.1, 0.15) is 11.6 Å². The van der Waals surface area contributed by atoms with Gasteiger partial charge in [-0.05, 0) is 43.9 Å². The van der Waals surface area contributed by atoms with Gasteiger partial charge < -0.3 is 4.57 Å². The van der Waals surface area contributed by atoms with Gasteiger partial charge in [0.15, 0.2) is 0 Å². The minimum absolute atomic E-state index is 0.160. The van der Waals surface area contributed by atoms with Gasteiger partial charge in [0, 0.05) is 6.54 Å². The Morgan fingerprint density at radius 1 is 1.38 bits per heavy atom. The second-order valence-electron chi connectivity index (χ2n) is 6.16. The Bertz CT molecular complexity index is 615. The maximum Gasteiger partial charge on any atom is 0.127 e.